The first-order valence-corrected chi connectivity index (χ1v) is 8.67. The van der Waals surface area contributed by atoms with Crippen molar-refractivity contribution in [2.45, 2.75) is 23.3 Å². The Bertz CT molecular complexity index is 811. The minimum atomic E-state index is -4.54. The number of ether oxygens (including phenoxy) is 2. The van der Waals surface area contributed by atoms with Crippen LogP contribution < -0.4 is 0 Å². The molecule has 1 aliphatic rings. The Morgan fingerprint density at radius 1 is 1.25 bits per heavy atom. The normalized spacial score (nSPS) is 22.5. The fourth-order valence-electron chi connectivity index (χ4n) is 2.51. The molecule has 0 amide bonds. The van der Waals surface area contributed by atoms with Crippen molar-refractivity contribution in [3.63, 3.8) is 0 Å². The van der Waals surface area contributed by atoms with Crippen molar-refractivity contribution in [3.05, 3.63) is 27.7 Å². The summed E-state index contributed by atoms with van der Waals surface area (Å²) in [4.78, 5) is 23.6. The Morgan fingerprint density at radius 3 is 2.38 bits per heavy atom. The summed E-state index contributed by atoms with van der Waals surface area (Å²) >= 11 is 11.7. The molecule has 24 heavy (non-hydrogen) atoms. The second kappa shape index (κ2) is 6.49. The average Bonchev–Trinajstić information content (AvgIpc) is 2.54. The van der Waals surface area contributed by atoms with Crippen LogP contribution in [0.5, 0.6) is 0 Å². The van der Waals surface area contributed by atoms with Crippen molar-refractivity contribution >= 4 is 45.2 Å². The molecule has 2 rings (SSSR count). The molecule has 1 unspecified atom stereocenters. The van der Waals surface area contributed by atoms with Crippen LogP contribution in [-0.4, -0.2) is 49.8 Å². The van der Waals surface area contributed by atoms with E-state index in [1.165, 1.54) is 6.07 Å². The summed E-state index contributed by atoms with van der Waals surface area (Å²) in [5.41, 5.74) is -2.09. The summed E-state index contributed by atoms with van der Waals surface area (Å²) in [6, 6.07) is 2.33. The SMILES string of the molecule is COC(=O)CC1(C(=O)OC)Cc2cc(Cl)c(Cl)cc2S(=O)(=O)N1O. The number of rotatable bonds is 3. The molecule has 1 aromatic carbocycles. The molecule has 0 bridgehead atoms. The molecule has 8 nitrogen and oxygen atoms in total. The lowest BCUT2D eigenvalue weighted by Crippen LogP contribution is -2.61. The van der Waals surface area contributed by atoms with Gasteiger partial charge < -0.3 is 9.47 Å². The van der Waals surface area contributed by atoms with Crippen molar-refractivity contribution in [1.82, 2.24) is 4.47 Å². The van der Waals surface area contributed by atoms with Gasteiger partial charge in [0.2, 0.25) is 0 Å². The molecule has 11 heteroatoms. The Balaban J connectivity index is 2.73. The lowest BCUT2D eigenvalue weighted by molar-refractivity contribution is -0.178. The van der Waals surface area contributed by atoms with Gasteiger partial charge >= 0.3 is 11.9 Å². The van der Waals surface area contributed by atoms with E-state index in [1.807, 2.05) is 0 Å². The van der Waals surface area contributed by atoms with Crippen LogP contribution in [0.15, 0.2) is 17.0 Å². The summed E-state index contributed by atoms with van der Waals surface area (Å²) in [5, 5.41) is 10.3. The van der Waals surface area contributed by atoms with E-state index in [2.05, 4.69) is 9.47 Å². The number of methoxy groups -OCH3 is 2. The van der Waals surface area contributed by atoms with Crippen LogP contribution in [0, 0.1) is 0 Å². The van der Waals surface area contributed by atoms with Crippen molar-refractivity contribution < 1.29 is 32.7 Å². The Morgan fingerprint density at radius 2 is 1.83 bits per heavy atom. The van der Waals surface area contributed by atoms with E-state index >= 15 is 0 Å². The van der Waals surface area contributed by atoms with Crippen LogP contribution in [-0.2, 0) is 35.5 Å². The summed E-state index contributed by atoms with van der Waals surface area (Å²) in [6.45, 7) is 0. The first-order valence-electron chi connectivity index (χ1n) is 6.47. The zero-order valence-corrected chi connectivity index (χ0v) is 14.9. The molecule has 1 aliphatic heterocycles. The van der Waals surface area contributed by atoms with E-state index in [0.717, 1.165) is 20.3 Å². The minimum absolute atomic E-state index is 0.0362. The maximum absolute atomic E-state index is 12.6. The van der Waals surface area contributed by atoms with Gasteiger partial charge in [-0.05, 0) is 17.7 Å². The molecule has 0 saturated carbocycles. The van der Waals surface area contributed by atoms with Gasteiger partial charge in [-0.25, -0.2) is 13.2 Å². The van der Waals surface area contributed by atoms with Gasteiger partial charge in [0.05, 0.1) is 35.6 Å². The number of carbonyl (C=O) groups excluding carboxylic acids is 2. The maximum Gasteiger partial charge on any atom is 0.330 e. The number of esters is 2. The minimum Gasteiger partial charge on any atom is -0.469 e. The molecular formula is C13H13Cl2NO7S. The number of nitrogens with zero attached hydrogens (tertiary/aromatic N) is 1. The molecule has 1 N–H and O–H groups in total. The van der Waals surface area contributed by atoms with Gasteiger partial charge in [0, 0.05) is 6.42 Å². The van der Waals surface area contributed by atoms with Gasteiger partial charge in [0.25, 0.3) is 10.0 Å². The highest BCUT2D eigenvalue weighted by Crippen LogP contribution is 2.41. The Kier molecular flexibility index (Phi) is 5.12. The van der Waals surface area contributed by atoms with Gasteiger partial charge in [-0.15, -0.1) is 0 Å². The van der Waals surface area contributed by atoms with E-state index in [-0.39, 0.29) is 31.4 Å². The number of hydrogen-bond acceptors (Lipinski definition) is 7. The number of hydroxylamine groups is 1. The number of hydrogen-bond donors (Lipinski definition) is 1. The molecule has 132 valence electrons. The zero-order valence-electron chi connectivity index (χ0n) is 12.6. The summed E-state index contributed by atoms with van der Waals surface area (Å²) in [5.74, 6) is -2.02. The van der Waals surface area contributed by atoms with Crippen LogP contribution in [0.3, 0.4) is 0 Å². The molecule has 0 aromatic heterocycles. The van der Waals surface area contributed by atoms with Gasteiger partial charge in [-0.1, -0.05) is 27.7 Å². The average molecular weight is 398 g/mol. The van der Waals surface area contributed by atoms with E-state index in [4.69, 9.17) is 23.2 Å². The van der Waals surface area contributed by atoms with E-state index in [9.17, 15) is 23.2 Å². The molecule has 1 atom stereocenters. The number of carbonyl (C=O) groups is 2. The van der Waals surface area contributed by atoms with E-state index in [1.54, 1.807) is 0 Å². The molecule has 0 fully saturated rings. The quantitative estimate of drug-likeness (QED) is 0.767. The molecule has 1 aromatic rings. The highest BCUT2D eigenvalue weighted by Gasteiger charge is 2.56. The van der Waals surface area contributed by atoms with Crippen LogP contribution in [0.2, 0.25) is 10.0 Å². The smallest absolute Gasteiger partial charge is 0.330 e. The van der Waals surface area contributed by atoms with Crippen LogP contribution in [0.25, 0.3) is 0 Å². The van der Waals surface area contributed by atoms with Gasteiger partial charge in [0.15, 0.2) is 5.54 Å². The first kappa shape index (κ1) is 18.9. The number of benzene rings is 1. The third-order valence-electron chi connectivity index (χ3n) is 3.69. The standard InChI is InChI=1S/C13H13Cl2NO7S/c1-22-11(17)6-13(12(18)23-2)5-7-3-8(14)9(15)4-10(7)24(20,21)16(13)19/h3-4,19H,5-6H2,1-2H3. The first-order chi connectivity index (χ1) is 11.1. The summed E-state index contributed by atoms with van der Waals surface area (Å²) < 4.78 is 34.1. The van der Waals surface area contributed by atoms with Crippen LogP contribution in [0.4, 0.5) is 0 Å². The number of sulfonamides is 1. The van der Waals surface area contributed by atoms with Gasteiger partial charge in [-0.2, -0.15) is 0 Å². The highest BCUT2D eigenvalue weighted by atomic mass is 35.5. The molecular weight excluding hydrogens is 385 g/mol. The van der Waals surface area contributed by atoms with Gasteiger partial charge in [-0.3, -0.25) is 10.0 Å². The van der Waals surface area contributed by atoms with Crippen LogP contribution >= 0.6 is 23.2 Å². The Hall–Kier alpha value is -1.39. The van der Waals surface area contributed by atoms with Crippen LogP contribution in [0.1, 0.15) is 12.0 Å². The lowest BCUT2D eigenvalue weighted by Gasteiger charge is -2.39. The predicted molar refractivity (Wildman–Crippen MR) is 82.4 cm³/mol. The van der Waals surface area contributed by atoms with Crippen molar-refractivity contribution in [1.29, 1.82) is 0 Å². The van der Waals surface area contributed by atoms with E-state index < -0.39 is 33.9 Å². The van der Waals surface area contributed by atoms with Crippen molar-refractivity contribution in [2.75, 3.05) is 14.2 Å². The monoisotopic (exact) mass is 397 g/mol. The molecule has 0 aliphatic carbocycles. The van der Waals surface area contributed by atoms with Crippen molar-refractivity contribution in [3.8, 4) is 0 Å². The largest absolute Gasteiger partial charge is 0.469 e. The topological polar surface area (TPSA) is 110 Å². The predicted octanol–water partition coefficient (Wildman–Crippen LogP) is 1.40. The zero-order chi connectivity index (χ0) is 18.3. The molecule has 0 saturated heterocycles. The fraction of sp³-hybridized carbons (Fsp3) is 0.385. The summed E-state index contributed by atoms with van der Waals surface area (Å²) in [6.07, 6.45) is -1.09. The maximum atomic E-state index is 12.6. The Labute approximate surface area is 147 Å². The second-order valence-electron chi connectivity index (χ2n) is 5.07. The molecule has 0 spiro atoms. The highest BCUT2D eigenvalue weighted by molar-refractivity contribution is 7.89. The second-order valence-corrected chi connectivity index (χ2v) is 7.63. The van der Waals surface area contributed by atoms with Crippen molar-refractivity contribution in [2.24, 2.45) is 0 Å². The van der Waals surface area contributed by atoms with Gasteiger partial charge in [0.1, 0.15) is 0 Å². The fourth-order valence-corrected chi connectivity index (χ4v) is 4.50. The molecule has 1 heterocycles. The lowest BCUT2D eigenvalue weighted by atomic mass is 9.88. The number of fused-ring (bicyclic) bond motifs is 1. The third kappa shape index (κ3) is 2.86. The number of halogens is 2. The summed E-state index contributed by atoms with van der Waals surface area (Å²) in [7, 11) is -2.47. The third-order valence-corrected chi connectivity index (χ3v) is 6.15. The van der Waals surface area contributed by atoms with E-state index in [0.29, 0.717) is 0 Å². The molecule has 0 radical (unpaired) electrons.